The molecule has 1 aliphatic heterocycles. The summed E-state index contributed by atoms with van der Waals surface area (Å²) in [6.45, 7) is 2.97. The molecule has 0 radical (unpaired) electrons. The summed E-state index contributed by atoms with van der Waals surface area (Å²) in [6, 6.07) is 20.8. The molecule has 4 aromatic rings. The molecular formula is C29H26ClF3N4O2S. The van der Waals surface area contributed by atoms with Crippen molar-refractivity contribution in [3.8, 4) is 11.4 Å². The Morgan fingerprint density at radius 2 is 1.55 bits per heavy atom. The van der Waals surface area contributed by atoms with Crippen LogP contribution in [0.2, 0.25) is 5.02 Å². The molecule has 2 heterocycles. The first-order chi connectivity index (χ1) is 19.0. The number of piperazine rings is 1. The van der Waals surface area contributed by atoms with E-state index in [1.807, 2.05) is 42.2 Å². The molecule has 0 atom stereocenters. The molecule has 0 amide bonds. The molecule has 1 aliphatic rings. The lowest BCUT2D eigenvalue weighted by Gasteiger charge is -2.36. The van der Waals surface area contributed by atoms with Gasteiger partial charge in [-0.15, -0.1) is 0 Å². The molecular weight excluding hydrogens is 561 g/mol. The van der Waals surface area contributed by atoms with E-state index in [2.05, 4.69) is 4.98 Å². The number of alkyl halides is 3. The highest BCUT2D eigenvalue weighted by Crippen LogP contribution is 2.33. The third-order valence-electron chi connectivity index (χ3n) is 6.85. The molecule has 1 fully saturated rings. The van der Waals surface area contributed by atoms with Gasteiger partial charge in [0, 0.05) is 54.4 Å². The highest BCUT2D eigenvalue weighted by Gasteiger charge is 2.32. The van der Waals surface area contributed by atoms with E-state index in [4.69, 9.17) is 16.6 Å². The average molecular weight is 587 g/mol. The molecule has 6 nitrogen and oxygen atoms in total. The second-order valence-corrected chi connectivity index (χ2v) is 11.9. The van der Waals surface area contributed by atoms with Gasteiger partial charge < -0.3 is 4.90 Å². The van der Waals surface area contributed by atoms with Gasteiger partial charge in [0.15, 0.2) is 5.82 Å². The first kappa shape index (κ1) is 28.1. The summed E-state index contributed by atoms with van der Waals surface area (Å²) in [5.41, 5.74) is 2.01. The molecule has 0 saturated carbocycles. The van der Waals surface area contributed by atoms with Crippen LogP contribution in [0.5, 0.6) is 0 Å². The van der Waals surface area contributed by atoms with Crippen molar-refractivity contribution in [2.75, 3.05) is 31.1 Å². The summed E-state index contributed by atoms with van der Waals surface area (Å²) >= 11 is 5.93. The van der Waals surface area contributed by atoms with E-state index in [1.165, 1.54) is 22.5 Å². The van der Waals surface area contributed by atoms with Gasteiger partial charge in [0.2, 0.25) is 10.0 Å². The first-order valence-corrected chi connectivity index (χ1v) is 14.4. The largest absolute Gasteiger partial charge is 0.416 e. The lowest BCUT2D eigenvalue weighted by Crippen LogP contribution is -2.49. The first-order valence-electron chi connectivity index (χ1n) is 12.6. The van der Waals surface area contributed by atoms with Crippen LogP contribution in [0, 0.1) is 6.92 Å². The average Bonchev–Trinajstić information content (AvgIpc) is 2.94. The molecule has 5 rings (SSSR count). The fourth-order valence-corrected chi connectivity index (χ4v) is 6.26. The van der Waals surface area contributed by atoms with E-state index in [-0.39, 0.29) is 29.4 Å². The van der Waals surface area contributed by atoms with Gasteiger partial charge in [0.1, 0.15) is 5.82 Å². The fraction of sp³-hybridized carbons (Fsp3) is 0.241. The van der Waals surface area contributed by atoms with E-state index in [0.29, 0.717) is 36.0 Å². The summed E-state index contributed by atoms with van der Waals surface area (Å²) in [5, 5.41) is 0.449. The molecule has 0 bridgehead atoms. The van der Waals surface area contributed by atoms with Crippen LogP contribution in [-0.2, 0) is 22.6 Å². The number of halogens is 4. The van der Waals surface area contributed by atoms with Crippen molar-refractivity contribution < 1.29 is 21.6 Å². The standard InChI is InChI=1S/C29H26ClF3N4O2S/c1-20-26(18-21-6-3-2-4-7-21)28(35-27(34-20)22-8-5-9-23(19-22)29(31,32)33)36-14-16-37(17-15-36)40(38,39)25-12-10-24(30)11-13-25/h2-13,19H,14-18H2,1H3. The van der Waals surface area contributed by atoms with Gasteiger partial charge in [-0.1, -0.05) is 54.1 Å². The van der Waals surface area contributed by atoms with E-state index >= 15 is 0 Å². The van der Waals surface area contributed by atoms with Crippen molar-refractivity contribution in [3.63, 3.8) is 0 Å². The van der Waals surface area contributed by atoms with E-state index in [1.54, 1.807) is 18.2 Å². The van der Waals surface area contributed by atoms with Crippen LogP contribution in [0.4, 0.5) is 19.0 Å². The minimum Gasteiger partial charge on any atom is -0.354 e. The SMILES string of the molecule is Cc1nc(-c2cccc(C(F)(F)F)c2)nc(N2CCN(S(=O)(=O)c3ccc(Cl)cc3)CC2)c1Cc1ccccc1. The molecule has 1 saturated heterocycles. The number of nitrogens with zero attached hydrogens (tertiary/aromatic N) is 4. The Morgan fingerprint density at radius 1 is 0.875 bits per heavy atom. The molecule has 0 N–H and O–H groups in total. The lowest BCUT2D eigenvalue weighted by atomic mass is 10.0. The summed E-state index contributed by atoms with van der Waals surface area (Å²) in [4.78, 5) is 11.5. The monoisotopic (exact) mass is 586 g/mol. The van der Waals surface area contributed by atoms with Gasteiger partial charge in [0.25, 0.3) is 0 Å². The normalized spacial score (nSPS) is 14.9. The third-order valence-corrected chi connectivity index (χ3v) is 9.02. The minimum absolute atomic E-state index is 0.167. The van der Waals surface area contributed by atoms with Crippen LogP contribution in [0.3, 0.4) is 0 Å². The van der Waals surface area contributed by atoms with Crippen molar-refractivity contribution in [1.29, 1.82) is 0 Å². The van der Waals surface area contributed by atoms with E-state index in [0.717, 1.165) is 23.3 Å². The summed E-state index contributed by atoms with van der Waals surface area (Å²) in [6.07, 6.45) is -3.97. The maximum atomic E-state index is 13.4. The molecule has 0 aliphatic carbocycles. The predicted molar refractivity (Wildman–Crippen MR) is 149 cm³/mol. The zero-order valence-electron chi connectivity index (χ0n) is 21.6. The molecule has 0 unspecified atom stereocenters. The maximum Gasteiger partial charge on any atom is 0.416 e. The highest BCUT2D eigenvalue weighted by molar-refractivity contribution is 7.89. The Morgan fingerprint density at radius 3 is 2.20 bits per heavy atom. The van der Waals surface area contributed by atoms with Gasteiger partial charge in [-0.2, -0.15) is 17.5 Å². The van der Waals surface area contributed by atoms with Crippen molar-refractivity contribution in [2.24, 2.45) is 0 Å². The maximum absolute atomic E-state index is 13.4. The number of anilines is 1. The molecule has 1 aromatic heterocycles. The summed E-state index contributed by atoms with van der Waals surface area (Å²) in [5.74, 6) is 0.777. The predicted octanol–water partition coefficient (Wildman–Crippen LogP) is 6.23. The number of aromatic nitrogens is 2. The fourth-order valence-electron chi connectivity index (χ4n) is 4.71. The Balaban J connectivity index is 1.49. The van der Waals surface area contributed by atoms with Gasteiger partial charge in [-0.25, -0.2) is 18.4 Å². The Kier molecular flexibility index (Phi) is 7.85. The van der Waals surface area contributed by atoms with Crippen molar-refractivity contribution in [2.45, 2.75) is 24.4 Å². The number of hydrogen-bond acceptors (Lipinski definition) is 5. The van der Waals surface area contributed by atoms with E-state index in [9.17, 15) is 21.6 Å². The van der Waals surface area contributed by atoms with Crippen LogP contribution < -0.4 is 4.90 Å². The Bertz CT molecular complexity index is 1610. The number of rotatable bonds is 6. The summed E-state index contributed by atoms with van der Waals surface area (Å²) < 4.78 is 68.0. The van der Waals surface area contributed by atoms with Crippen molar-refractivity contribution >= 4 is 27.4 Å². The lowest BCUT2D eigenvalue weighted by molar-refractivity contribution is -0.137. The highest BCUT2D eigenvalue weighted by atomic mass is 35.5. The molecule has 0 spiro atoms. The van der Waals surface area contributed by atoms with Gasteiger partial charge in [0.05, 0.1) is 10.5 Å². The van der Waals surface area contributed by atoms with Gasteiger partial charge in [-0.3, -0.25) is 0 Å². The van der Waals surface area contributed by atoms with Crippen LogP contribution in [0.25, 0.3) is 11.4 Å². The minimum atomic E-state index is -4.49. The topological polar surface area (TPSA) is 66.4 Å². The summed E-state index contributed by atoms with van der Waals surface area (Å²) in [7, 11) is -3.71. The quantitative estimate of drug-likeness (QED) is 0.268. The van der Waals surface area contributed by atoms with E-state index < -0.39 is 21.8 Å². The van der Waals surface area contributed by atoms with Gasteiger partial charge >= 0.3 is 6.18 Å². The third kappa shape index (κ3) is 5.99. The van der Waals surface area contributed by atoms with Crippen LogP contribution in [-0.4, -0.2) is 48.9 Å². The molecule has 11 heteroatoms. The van der Waals surface area contributed by atoms with Gasteiger partial charge in [-0.05, 0) is 48.9 Å². The van der Waals surface area contributed by atoms with Crippen molar-refractivity contribution in [3.05, 3.63) is 106 Å². The van der Waals surface area contributed by atoms with Crippen LogP contribution in [0.15, 0.2) is 83.8 Å². The Labute approximate surface area is 236 Å². The molecule has 40 heavy (non-hydrogen) atoms. The van der Waals surface area contributed by atoms with Crippen LogP contribution in [0.1, 0.15) is 22.4 Å². The van der Waals surface area contributed by atoms with Crippen molar-refractivity contribution in [1.82, 2.24) is 14.3 Å². The number of sulfonamides is 1. The smallest absolute Gasteiger partial charge is 0.354 e. The second-order valence-electron chi connectivity index (χ2n) is 9.52. The second kappa shape index (κ2) is 11.2. The number of benzene rings is 3. The Hall–Kier alpha value is -3.47. The molecule has 208 valence electrons. The zero-order chi connectivity index (χ0) is 28.5. The molecule has 3 aromatic carbocycles. The number of aryl methyl sites for hydroxylation is 1. The number of hydrogen-bond donors (Lipinski definition) is 0. The van der Waals surface area contributed by atoms with Crippen LogP contribution >= 0.6 is 11.6 Å². The zero-order valence-corrected chi connectivity index (χ0v) is 23.1.